The number of esters is 1. The van der Waals surface area contributed by atoms with Gasteiger partial charge in [-0.05, 0) is 25.0 Å². The van der Waals surface area contributed by atoms with Crippen molar-refractivity contribution in [3.8, 4) is 0 Å². The SMILES string of the molecule is O=C(COC(=O)c1ccc(C(=O)c2ccccc2)cc1)NC[C@@H]1CCCO1. The number of rotatable bonds is 7. The largest absolute Gasteiger partial charge is 0.452 e. The summed E-state index contributed by atoms with van der Waals surface area (Å²) in [7, 11) is 0. The Kier molecular flexibility index (Phi) is 6.33. The molecular weight excluding hydrogens is 346 g/mol. The lowest BCUT2D eigenvalue weighted by Crippen LogP contribution is -2.34. The lowest BCUT2D eigenvalue weighted by atomic mass is 10.0. The minimum Gasteiger partial charge on any atom is -0.452 e. The van der Waals surface area contributed by atoms with Gasteiger partial charge in [0.15, 0.2) is 12.4 Å². The van der Waals surface area contributed by atoms with Gasteiger partial charge in [-0.1, -0.05) is 42.5 Å². The van der Waals surface area contributed by atoms with E-state index in [0.29, 0.717) is 17.7 Å². The molecule has 1 N–H and O–H groups in total. The van der Waals surface area contributed by atoms with Crippen molar-refractivity contribution in [2.24, 2.45) is 0 Å². The first-order valence-corrected chi connectivity index (χ1v) is 8.89. The highest BCUT2D eigenvalue weighted by molar-refractivity contribution is 6.09. The van der Waals surface area contributed by atoms with Gasteiger partial charge in [-0.15, -0.1) is 0 Å². The Bertz CT molecular complexity index is 795. The summed E-state index contributed by atoms with van der Waals surface area (Å²) in [6.07, 6.45) is 1.96. The van der Waals surface area contributed by atoms with Crippen LogP contribution in [0.25, 0.3) is 0 Å². The number of amides is 1. The molecule has 27 heavy (non-hydrogen) atoms. The van der Waals surface area contributed by atoms with E-state index in [1.807, 2.05) is 6.07 Å². The highest BCUT2D eigenvalue weighted by Crippen LogP contribution is 2.12. The first kappa shape index (κ1) is 18.8. The van der Waals surface area contributed by atoms with E-state index in [1.54, 1.807) is 36.4 Å². The number of nitrogens with one attached hydrogen (secondary N) is 1. The van der Waals surface area contributed by atoms with Crippen molar-refractivity contribution < 1.29 is 23.9 Å². The van der Waals surface area contributed by atoms with Crippen molar-refractivity contribution >= 4 is 17.7 Å². The first-order valence-electron chi connectivity index (χ1n) is 8.89. The van der Waals surface area contributed by atoms with Crippen LogP contribution in [0.3, 0.4) is 0 Å². The van der Waals surface area contributed by atoms with Gasteiger partial charge in [-0.2, -0.15) is 0 Å². The standard InChI is InChI=1S/C21H21NO5/c23-19(22-13-18-7-4-12-26-18)14-27-21(25)17-10-8-16(9-11-17)20(24)15-5-2-1-3-6-15/h1-3,5-6,8-11,18H,4,7,12-14H2,(H,22,23)/t18-/m0/s1. The molecule has 1 aliphatic heterocycles. The van der Waals surface area contributed by atoms with Crippen LogP contribution in [0, 0.1) is 0 Å². The topological polar surface area (TPSA) is 81.7 Å². The molecule has 1 fully saturated rings. The lowest BCUT2D eigenvalue weighted by molar-refractivity contribution is -0.124. The summed E-state index contributed by atoms with van der Waals surface area (Å²) >= 11 is 0. The van der Waals surface area contributed by atoms with Gasteiger partial charge in [0.25, 0.3) is 5.91 Å². The van der Waals surface area contributed by atoms with Gasteiger partial charge in [-0.3, -0.25) is 9.59 Å². The second kappa shape index (κ2) is 9.09. The number of ether oxygens (including phenoxy) is 2. The van der Waals surface area contributed by atoms with Crippen molar-refractivity contribution in [2.75, 3.05) is 19.8 Å². The molecule has 1 saturated heterocycles. The summed E-state index contributed by atoms with van der Waals surface area (Å²) in [4.78, 5) is 36.1. The maximum absolute atomic E-state index is 12.3. The normalized spacial score (nSPS) is 15.9. The molecule has 6 nitrogen and oxygen atoms in total. The zero-order chi connectivity index (χ0) is 19.1. The van der Waals surface area contributed by atoms with Crippen LogP contribution in [-0.4, -0.2) is 43.5 Å². The molecule has 1 heterocycles. The number of ketones is 1. The molecule has 3 rings (SSSR count). The molecule has 0 saturated carbocycles. The number of benzene rings is 2. The quantitative estimate of drug-likeness (QED) is 0.600. The van der Waals surface area contributed by atoms with Crippen LogP contribution < -0.4 is 5.32 Å². The Morgan fingerprint density at radius 2 is 1.63 bits per heavy atom. The summed E-state index contributed by atoms with van der Waals surface area (Å²) < 4.78 is 10.4. The van der Waals surface area contributed by atoms with Crippen molar-refractivity contribution in [3.05, 3.63) is 71.3 Å². The lowest BCUT2D eigenvalue weighted by Gasteiger charge is -2.11. The summed E-state index contributed by atoms with van der Waals surface area (Å²) in [6.45, 7) is 0.793. The highest BCUT2D eigenvalue weighted by Gasteiger charge is 2.17. The van der Waals surface area contributed by atoms with Gasteiger partial charge >= 0.3 is 5.97 Å². The Morgan fingerprint density at radius 1 is 0.963 bits per heavy atom. The predicted molar refractivity (Wildman–Crippen MR) is 98.6 cm³/mol. The summed E-state index contributed by atoms with van der Waals surface area (Å²) in [5.41, 5.74) is 1.34. The van der Waals surface area contributed by atoms with Crippen molar-refractivity contribution in [2.45, 2.75) is 18.9 Å². The smallest absolute Gasteiger partial charge is 0.338 e. The van der Waals surface area contributed by atoms with Crippen LogP contribution in [0.15, 0.2) is 54.6 Å². The fourth-order valence-corrected chi connectivity index (χ4v) is 2.81. The molecule has 1 aliphatic rings. The number of carbonyl (C=O) groups is 3. The number of hydrogen-bond donors (Lipinski definition) is 1. The molecular formula is C21H21NO5. The van der Waals surface area contributed by atoms with E-state index < -0.39 is 5.97 Å². The van der Waals surface area contributed by atoms with Gasteiger partial charge in [0, 0.05) is 24.3 Å². The van der Waals surface area contributed by atoms with E-state index in [9.17, 15) is 14.4 Å². The molecule has 0 spiro atoms. The number of carbonyl (C=O) groups excluding carboxylic acids is 3. The van der Waals surface area contributed by atoms with Gasteiger partial charge in [-0.25, -0.2) is 4.79 Å². The van der Waals surface area contributed by atoms with Gasteiger partial charge in [0.1, 0.15) is 0 Å². The van der Waals surface area contributed by atoms with E-state index in [2.05, 4.69) is 5.32 Å². The second-order valence-corrected chi connectivity index (χ2v) is 6.29. The summed E-state index contributed by atoms with van der Waals surface area (Å²) in [6, 6.07) is 15.1. The Balaban J connectivity index is 1.48. The zero-order valence-electron chi connectivity index (χ0n) is 14.9. The summed E-state index contributed by atoms with van der Waals surface area (Å²) in [5.74, 6) is -1.10. The third-order valence-corrected chi connectivity index (χ3v) is 4.30. The molecule has 0 aromatic heterocycles. The average molecular weight is 367 g/mol. The second-order valence-electron chi connectivity index (χ2n) is 6.29. The van der Waals surface area contributed by atoms with Gasteiger partial charge in [0.05, 0.1) is 11.7 Å². The van der Waals surface area contributed by atoms with Crippen LogP contribution in [0.4, 0.5) is 0 Å². The predicted octanol–water partition coefficient (Wildman–Crippen LogP) is 2.37. The van der Waals surface area contributed by atoms with Crippen LogP contribution in [-0.2, 0) is 14.3 Å². The van der Waals surface area contributed by atoms with Crippen molar-refractivity contribution in [1.82, 2.24) is 5.32 Å². The minimum atomic E-state index is -0.610. The van der Waals surface area contributed by atoms with E-state index in [4.69, 9.17) is 9.47 Å². The molecule has 1 amide bonds. The van der Waals surface area contributed by atoms with Crippen molar-refractivity contribution in [3.63, 3.8) is 0 Å². The third kappa shape index (κ3) is 5.24. The zero-order valence-corrected chi connectivity index (χ0v) is 14.9. The minimum absolute atomic E-state index is 0.0411. The Hall–Kier alpha value is -2.99. The monoisotopic (exact) mass is 367 g/mol. The molecule has 0 aliphatic carbocycles. The van der Waals surface area contributed by atoms with Crippen LogP contribution >= 0.6 is 0 Å². The Morgan fingerprint density at radius 3 is 2.30 bits per heavy atom. The maximum atomic E-state index is 12.3. The van der Waals surface area contributed by atoms with E-state index >= 15 is 0 Å². The van der Waals surface area contributed by atoms with E-state index in [1.165, 1.54) is 12.1 Å². The molecule has 140 valence electrons. The Labute approximate surface area is 157 Å². The third-order valence-electron chi connectivity index (χ3n) is 4.30. The molecule has 0 unspecified atom stereocenters. The highest BCUT2D eigenvalue weighted by atomic mass is 16.5. The molecule has 2 aromatic rings. The fourth-order valence-electron chi connectivity index (χ4n) is 2.81. The van der Waals surface area contributed by atoms with Gasteiger partial charge in [0.2, 0.25) is 0 Å². The molecule has 0 radical (unpaired) electrons. The molecule has 0 bridgehead atoms. The van der Waals surface area contributed by atoms with Crippen LogP contribution in [0.5, 0.6) is 0 Å². The van der Waals surface area contributed by atoms with Crippen molar-refractivity contribution in [1.29, 1.82) is 0 Å². The molecule has 2 aromatic carbocycles. The van der Waals surface area contributed by atoms with Crippen LogP contribution in [0.1, 0.15) is 39.1 Å². The first-order chi connectivity index (χ1) is 13.1. The molecule has 6 heteroatoms. The van der Waals surface area contributed by atoms with E-state index in [0.717, 1.165) is 19.4 Å². The fraction of sp³-hybridized carbons (Fsp3) is 0.286. The maximum Gasteiger partial charge on any atom is 0.338 e. The molecule has 1 atom stereocenters. The average Bonchev–Trinajstić information content (AvgIpc) is 3.24. The van der Waals surface area contributed by atoms with Crippen LogP contribution in [0.2, 0.25) is 0 Å². The number of hydrogen-bond acceptors (Lipinski definition) is 5. The van der Waals surface area contributed by atoms with Gasteiger partial charge < -0.3 is 14.8 Å². The van der Waals surface area contributed by atoms with E-state index in [-0.39, 0.29) is 30.0 Å². The summed E-state index contributed by atoms with van der Waals surface area (Å²) in [5, 5.41) is 2.69.